The molecule has 170 valence electrons. The lowest BCUT2D eigenvalue weighted by atomic mass is 9.81. The Kier molecular flexibility index (Phi) is 5.41. The number of amides is 1. The number of nitrogens with one attached hydrogen (secondary N) is 1. The van der Waals surface area contributed by atoms with Crippen molar-refractivity contribution >= 4 is 11.6 Å². The van der Waals surface area contributed by atoms with Crippen molar-refractivity contribution in [3.8, 4) is 0 Å². The highest BCUT2D eigenvalue weighted by atomic mass is 19.4. The lowest BCUT2D eigenvalue weighted by Crippen LogP contribution is -2.38. The van der Waals surface area contributed by atoms with Gasteiger partial charge >= 0.3 is 6.18 Å². The zero-order chi connectivity index (χ0) is 22.6. The van der Waals surface area contributed by atoms with Crippen molar-refractivity contribution in [3.05, 3.63) is 29.7 Å². The number of hydrogen-bond donors (Lipinski definition) is 3. The van der Waals surface area contributed by atoms with Crippen LogP contribution in [0.1, 0.15) is 55.5 Å². The summed E-state index contributed by atoms with van der Waals surface area (Å²) in [7, 11) is 0. The molecule has 31 heavy (non-hydrogen) atoms. The van der Waals surface area contributed by atoms with Gasteiger partial charge in [-0.05, 0) is 31.2 Å². The molecule has 0 bridgehead atoms. The summed E-state index contributed by atoms with van der Waals surface area (Å²) in [5.41, 5.74) is 7.12. The van der Waals surface area contributed by atoms with E-state index in [0.29, 0.717) is 5.69 Å². The van der Waals surface area contributed by atoms with E-state index in [2.05, 4.69) is 10.1 Å². The molecule has 3 heterocycles. The molecule has 1 aliphatic carbocycles. The molecule has 1 aliphatic heterocycles. The maximum Gasteiger partial charge on any atom is 0.408 e. The fourth-order valence-corrected chi connectivity index (χ4v) is 4.31. The minimum Gasteiger partial charge on any atom is -0.388 e. The van der Waals surface area contributed by atoms with Crippen molar-refractivity contribution in [3.63, 3.8) is 0 Å². The minimum atomic E-state index is -4.59. The second kappa shape index (κ2) is 7.66. The number of nitrogens with two attached hydrogens (primary N) is 1. The number of imidazole rings is 1. The van der Waals surface area contributed by atoms with Gasteiger partial charge in [0.2, 0.25) is 11.8 Å². The van der Waals surface area contributed by atoms with Crippen LogP contribution in [-0.2, 0) is 4.79 Å². The van der Waals surface area contributed by atoms with Gasteiger partial charge in [-0.3, -0.25) is 4.79 Å². The van der Waals surface area contributed by atoms with Gasteiger partial charge in [-0.1, -0.05) is 0 Å². The average Bonchev–Trinajstić information content (AvgIpc) is 3.29. The fourth-order valence-electron chi connectivity index (χ4n) is 4.31. The molecule has 1 saturated carbocycles. The van der Waals surface area contributed by atoms with Gasteiger partial charge in [0.1, 0.15) is 6.04 Å². The molecule has 0 radical (unpaired) electrons. The molecule has 0 spiro atoms. The first-order valence-corrected chi connectivity index (χ1v) is 9.98. The number of aliphatic hydroxyl groups is 1. The van der Waals surface area contributed by atoms with Crippen molar-refractivity contribution in [1.82, 2.24) is 19.9 Å². The van der Waals surface area contributed by atoms with Gasteiger partial charge in [0.15, 0.2) is 5.65 Å². The van der Waals surface area contributed by atoms with E-state index in [9.17, 15) is 31.9 Å². The number of carbonyl (C=O) groups excluding carboxylic acids is 1. The molecule has 4 rings (SSSR count). The molecule has 2 fully saturated rings. The van der Waals surface area contributed by atoms with Crippen molar-refractivity contribution in [2.75, 3.05) is 0 Å². The van der Waals surface area contributed by atoms with E-state index in [1.807, 2.05) is 5.32 Å². The van der Waals surface area contributed by atoms with Crippen molar-refractivity contribution in [2.24, 2.45) is 17.6 Å². The van der Waals surface area contributed by atoms with Crippen LogP contribution in [0.4, 0.5) is 22.0 Å². The lowest BCUT2D eigenvalue weighted by Gasteiger charge is -2.31. The zero-order valence-corrected chi connectivity index (χ0v) is 16.3. The number of fused-ring (bicyclic) bond motifs is 1. The van der Waals surface area contributed by atoms with Crippen LogP contribution in [0.2, 0.25) is 0 Å². The second-order valence-corrected chi connectivity index (χ2v) is 8.37. The topological polar surface area (TPSA) is 106 Å². The van der Waals surface area contributed by atoms with Gasteiger partial charge in [0, 0.05) is 18.4 Å². The Bertz CT molecular complexity index is 968. The van der Waals surface area contributed by atoms with E-state index in [-0.39, 0.29) is 42.8 Å². The third-order valence-electron chi connectivity index (χ3n) is 6.23. The van der Waals surface area contributed by atoms with Crippen molar-refractivity contribution in [2.45, 2.75) is 62.4 Å². The number of nitrogens with zero attached hydrogens (tertiary/aromatic N) is 3. The molecular formula is C19H22F5N5O2. The highest BCUT2D eigenvalue weighted by Gasteiger charge is 2.50. The van der Waals surface area contributed by atoms with Crippen LogP contribution in [0.3, 0.4) is 0 Å². The summed E-state index contributed by atoms with van der Waals surface area (Å²) in [5, 5.41) is 16.5. The SMILES string of the molecule is N[C@H](c1cn2ncc(C(O)C3CC(C(F)(F)F)NC3=O)cc2n1)C1CCC(F)(F)CC1. The standard InChI is InChI=1S/C19H22F5N5O2/c20-18(21)3-1-9(2-4-18)15(25)12-8-29-14(27-12)5-10(7-26-29)16(30)11-6-13(19(22,23)24)28-17(11)31/h5,7-9,11,13,15-16,30H,1-4,6,25H2,(H,28,31)/t11?,13?,15-,16?/m0/s1. The van der Waals surface area contributed by atoms with E-state index in [4.69, 9.17) is 5.73 Å². The lowest BCUT2D eigenvalue weighted by molar-refractivity contribution is -0.155. The van der Waals surface area contributed by atoms with Gasteiger partial charge in [0.25, 0.3) is 0 Å². The predicted octanol–water partition coefficient (Wildman–Crippen LogP) is 2.66. The number of alkyl halides is 5. The Morgan fingerprint density at radius 1 is 1.29 bits per heavy atom. The summed E-state index contributed by atoms with van der Waals surface area (Å²) >= 11 is 0. The maximum atomic E-state index is 13.4. The van der Waals surface area contributed by atoms with Crippen molar-refractivity contribution < 1.29 is 31.9 Å². The normalized spacial score (nSPS) is 26.7. The molecule has 2 aromatic heterocycles. The number of aromatic nitrogens is 3. The fraction of sp³-hybridized carbons (Fsp3) is 0.632. The maximum absolute atomic E-state index is 13.4. The monoisotopic (exact) mass is 447 g/mol. The van der Waals surface area contributed by atoms with Crippen LogP contribution in [0.5, 0.6) is 0 Å². The second-order valence-electron chi connectivity index (χ2n) is 8.37. The minimum absolute atomic E-state index is 0.151. The number of hydrogen-bond acceptors (Lipinski definition) is 5. The van der Waals surface area contributed by atoms with E-state index in [1.54, 1.807) is 6.20 Å². The average molecular weight is 447 g/mol. The predicted molar refractivity (Wildman–Crippen MR) is 97.9 cm³/mol. The Balaban J connectivity index is 1.51. The number of carbonyl (C=O) groups is 1. The van der Waals surface area contributed by atoms with E-state index in [1.165, 1.54) is 16.8 Å². The van der Waals surface area contributed by atoms with Gasteiger partial charge in [-0.2, -0.15) is 18.3 Å². The number of rotatable bonds is 4. The molecule has 2 aromatic rings. The molecule has 12 heteroatoms. The molecule has 3 unspecified atom stereocenters. The van der Waals surface area contributed by atoms with Crippen LogP contribution in [0, 0.1) is 11.8 Å². The summed E-state index contributed by atoms with van der Waals surface area (Å²) in [4.78, 5) is 16.3. The zero-order valence-electron chi connectivity index (χ0n) is 16.3. The van der Waals surface area contributed by atoms with Crippen LogP contribution in [0.25, 0.3) is 5.65 Å². The number of aliphatic hydroxyl groups excluding tert-OH is 1. The first kappa shape index (κ1) is 21.9. The van der Waals surface area contributed by atoms with Gasteiger partial charge in [-0.15, -0.1) is 0 Å². The summed E-state index contributed by atoms with van der Waals surface area (Å²) in [5.74, 6) is -4.97. The van der Waals surface area contributed by atoms with Crippen LogP contribution < -0.4 is 11.1 Å². The van der Waals surface area contributed by atoms with E-state index in [0.717, 1.165) is 0 Å². The molecule has 4 N–H and O–H groups in total. The highest BCUT2D eigenvalue weighted by Crippen LogP contribution is 2.40. The molecule has 2 aliphatic rings. The van der Waals surface area contributed by atoms with Crippen LogP contribution in [0.15, 0.2) is 18.5 Å². The summed E-state index contributed by atoms with van der Waals surface area (Å²) in [6.45, 7) is 0. The molecule has 4 atom stereocenters. The Morgan fingerprint density at radius 3 is 2.58 bits per heavy atom. The molecule has 1 amide bonds. The summed E-state index contributed by atoms with van der Waals surface area (Å²) in [6.07, 6.45) is -3.75. The largest absolute Gasteiger partial charge is 0.408 e. The third kappa shape index (κ3) is 4.36. The molecule has 1 saturated heterocycles. The molecule has 0 aromatic carbocycles. The van der Waals surface area contributed by atoms with Crippen molar-refractivity contribution in [1.29, 1.82) is 0 Å². The summed E-state index contributed by atoms with van der Waals surface area (Å²) < 4.78 is 66.8. The first-order chi connectivity index (χ1) is 14.4. The third-order valence-corrected chi connectivity index (χ3v) is 6.23. The van der Waals surface area contributed by atoms with Gasteiger partial charge < -0.3 is 16.2 Å². The summed E-state index contributed by atoms with van der Waals surface area (Å²) in [6, 6.07) is -1.15. The molecule has 7 nitrogen and oxygen atoms in total. The number of halogens is 5. The first-order valence-electron chi connectivity index (χ1n) is 9.98. The quantitative estimate of drug-likeness (QED) is 0.625. The Hall–Kier alpha value is -2.34. The highest BCUT2D eigenvalue weighted by molar-refractivity contribution is 5.82. The van der Waals surface area contributed by atoms with E-state index < -0.39 is 48.5 Å². The van der Waals surface area contributed by atoms with E-state index >= 15 is 0 Å². The van der Waals surface area contributed by atoms with Gasteiger partial charge in [0.05, 0.1) is 36.2 Å². The smallest absolute Gasteiger partial charge is 0.388 e. The molecular weight excluding hydrogens is 425 g/mol. The Labute approximate surface area is 173 Å². The van der Waals surface area contributed by atoms with Crippen LogP contribution in [-0.4, -0.2) is 43.8 Å². The van der Waals surface area contributed by atoms with Crippen LogP contribution >= 0.6 is 0 Å². The van der Waals surface area contributed by atoms with Gasteiger partial charge in [-0.25, -0.2) is 18.3 Å². The Morgan fingerprint density at radius 2 is 1.97 bits per heavy atom.